The van der Waals surface area contributed by atoms with Gasteiger partial charge in [-0.2, -0.15) is 0 Å². The molecular formula is C18H19BrN2O3S. The van der Waals surface area contributed by atoms with Crippen LogP contribution in [0, 0.1) is 13.8 Å². The number of carbonyl (C=O) groups excluding carboxylic acids is 1. The van der Waals surface area contributed by atoms with Crippen LogP contribution in [0.25, 0.3) is 0 Å². The van der Waals surface area contributed by atoms with E-state index in [9.17, 15) is 4.79 Å². The Hall–Kier alpha value is -2.12. The van der Waals surface area contributed by atoms with Gasteiger partial charge in [0.05, 0.1) is 14.2 Å². The summed E-state index contributed by atoms with van der Waals surface area (Å²) in [6.45, 7) is 3.94. The van der Waals surface area contributed by atoms with E-state index in [1.165, 1.54) is 7.11 Å². The van der Waals surface area contributed by atoms with Gasteiger partial charge in [-0.05, 0) is 67.5 Å². The van der Waals surface area contributed by atoms with Crippen LogP contribution < -0.4 is 20.1 Å². The van der Waals surface area contributed by atoms with Crippen LogP contribution in [-0.4, -0.2) is 25.2 Å². The predicted molar refractivity (Wildman–Crippen MR) is 107 cm³/mol. The summed E-state index contributed by atoms with van der Waals surface area (Å²) in [4.78, 5) is 12.4. The average molecular weight is 423 g/mol. The number of hydrogen-bond acceptors (Lipinski definition) is 4. The average Bonchev–Trinajstić information content (AvgIpc) is 2.57. The number of nitrogens with one attached hydrogen (secondary N) is 2. The normalized spacial score (nSPS) is 10.1. The van der Waals surface area contributed by atoms with Gasteiger partial charge in [-0.15, -0.1) is 0 Å². The van der Waals surface area contributed by atoms with Gasteiger partial charge >= 0.3 is 0 Å². The molecule has 7 heteroatoms. The smallest absolute Gasteiger partial charge is 0.257 e. The largest absolute Gasteiger partial charge is 0.493 e. The summed E-state index contributed by atoms with van der Waals surface area (Å²) in [7, 11) is 3.06. The highest BCUT2D eigenvalue weighted by Crippen LogP contribution is 2.28. The summed E-state index contributed by atoms with van der Waals surface area (Å²) in [6.07, 6.45) is 0. The van der Waals surface area contributed by atoms with Crippen molar-refractivity contribution in [2.24, 2.45) is 0 Å². The molecule has 2 aromatic rings. The monoisotopic (exact) mass is 422 g/mol. The molecule has 0 saturated carbocycles. The highest BCUT2D eigenvalue weighted by Gasteiger charge is 2.13. The second kappa shape index (κ2) is 8.31. The number of hydrogen-bond donors (Lipinski definition) is 2. The number of carbonyl (C=O) groups is 1. The molecule has 0 saturated heterocycles. The van der Waals surface area contributed by atoms with Gasteiger partial charge < -0.3 is 14.8 Å². The van der Waals surface area contributed by atoms with E-state index >= 15 is 0 Å². The molecule has 25 heavy (non-hydrogen) atoms. The van der Waals surface area contributed by atoms with Crippen molar-refractivity contribution in [3.05, 3.63) is 51.5 Å². The first-order valence-electron chi connectivity index (χ1n) is 7.46. The fourth-order valence-corrected chi connectivity index (χ4v) is 3.29. The molecule has 0 atom stereocenters. The van der Waals surface area contributed by atoms with Crippen molar-refractivity contribution >= 4 is 44.9 Å². The molecule has 0 fully saturated rings. The number of ether oxygens (including phenoxy) is 2. The molecule has 0 aromatic heterocycles. The molecule has 0 aliphatic rings. The molecule has 1 amide bonds. The molecule has 2 aromatic carbocycles. The summed E-state index contributed by atoms with van der Waals surface area (Å²) in [5, 5.41) is 5.99. The van der Waals surface area contributed by atoms with Crippen LogP contribution >= 0.6 is 28.1 Å². The van der Waals surface area contributed by atoms with Crippen LogP contribution in [0.1, 0.15) is 21.5 Å². The zero-order valence-corrected chi connectivity index (χ0v) is 16.8. The summed E-state index contributed by atoms with van der Waals surface area (Å²) >= 11 is 8.72. The van der Waals surface area contributed by atoms with Gasteiger partial charge in [0.1, 0.15) is 0 Å². The standard InChI is InChI=1S/C18H19BrN2O3S/c1-10-7-13(19)8-11(2)16(10)20-18(25)21-17(22)12-5-6-14(23-3)15(9-12)24-4/h5-9H,1-4H3,(H2,20,21,22,25). The first kappa shape index (κ1) is 19.2. The van der Waals surface area contributed by atoms with Gasteiger partial charge in [0.2, 0.25) is 0 Å². The molecule has 0 heterocycles. The predicted octanol–water partition coefficient (Wildman–Crippen LogP) is 4.21. The lowest BCUT2D eigenvalue weighted by Crippen LogP contribution is -2.34. The SMILES string of the molecule is COc1ccc(C(=O)NC(=S)Nc2c(C)cc(Br)cc2C)cc1OC. The molecule has 0 aliphatic carbocycles. The van der Waals surface area contributed by atoms with E-state index in [-0.39, 0.29) is 11.0 Å². The van der Waals surface area contributed by atoms with Gasteiger partial charge in [0, 0.05) is 15.7 Å². The Labute approximate surface area is 160 Å². The van der Waals surface area contributed by atoms with Crippen LogP contribution in [0.3, 0.4) is 0 Å². The fourth-order valence-electron chi connectivity index (χ4n) is 2.41. The van der Waals surface area contributed by atoms with Crippen molar-refractivity contribution in [3.63, 3.8) is 0 Å². The molecule has 2 N–H and O–H groups in total. The highest BCUT2D eigenvalue weighted by atomic mass is 79.9. The third-order valence-electron chi connectivity index (χ3n) is 3.61. The van der Waals surface area contributed by atoms with Gasteiger partial charge in [0.25, 0.3) is 5.91 Å². The Morgan fingerprint density at radius 1 is 1.04 bits per heavy atom. The Morgan fingerprint density at radius 2 is 1.64 bits per heavy atom. The molecule has 2 rings (SSSR count). The van der Waals surface area contributed by atoms with Crippen LogP contribution in [0.5, 0.6) is 11.5 Å². The molecule has 5 nitrogen and oxygen atoms in total. The van der Waals surface area contributed by atoms with E-state index < -0.39 is 0 Å². The van der Waals surface area contributed by atoms with Gasteiger partial charge in [-0.1, -0.05) is 15.9 Å². The lowest BCUT2D eigenvalue weighted by molar-refractivity contribution is 0.0977. The number of thiocarbonyl (C=S) groups is 1. The zero-order chi connectivity index (χ0) is 18.6. The quantitative estimate of drug-likeness (QED) is 0.722. The Balaban J connectivity index is 2.12. The lowest BCUT2D eigenvalue weighted by Gasteiger charge is -2.15. The van der Waals surface area contributed by atoms with Crippen LogP contribution in [0.2, 0.25) is 0 Å². The maximum absolute atomic E-state index is 12.4. The minimum absolute atomic E-state index is 0.230. The van der Waals surface area contributed by atoms with Gasteiger partial charge in [-0.25, -0.2) is 0 Å². The number of halogens is 1. The number of methoxy groups -OCH3 is 2. The number of amides is 1. The fraction of sp³-hybridized carbons (Fsp3) is 0.222. The number of aryl methyl sites for hydroxylation is 2. The Bertz CT molecular complexity index is 801. The van der Waals surface area contributed by atoms with E-state index in [4.69, 9.17) is 21.7 Å². The van der Waals surface area contributed by atoms with Crippen molar-refractivity contribution in [2.75, 3.05) is 19.5 Å². The summed E-state index contributed by atoms with van der Waals surface area (Å²) in [6, 6.07) is 8.89. The molecule has 132 valence electrons. The second-order valence-corrected chi connectivity index (χ2v) is 6.72. The molecule has 0 unspecified atom stereocenters. The van der Waals surface area contributed by atoms with E-state index in [2.05, 4.69) is 26.6 Å². The van der Waals surface area contributed by atoms with Crippen molar-refractivity contribution < 1.29 is 14.3 Å². The maximum atomic E-state index is 12.4. The Morgan fingerprint density at radius 3 is 2.20 bits per heavy atom. The molecule has 0 aliphatic heterocycles. The first-order valence-corrected chi connectivity index (χ1v) is 8.67. The molecular weight excluding hydrogens is 404 g/mol. The molecule has 0 spiro atoms. The second-order valence-electron chi connectivity index (χ2n) is 5.39. The first-order chi connectivity index (χ1) is 11.8. The van der Waals surface area contributed by atoms with Gasteiger partial charge in [-0.3, -0.25) is 10.1 Å². The van der Waals surface area contributed by atoms with Crippen LogP contribution in [0.4, 0.5) is 5.69 Å². The Kier molecular flexibility index (Phi) is 6.39. The summed E-state index contributed by atoms with van der Waals surface area (Å²) < 4.78 is 11.4. The molecule has 0 radical (unpaired) electrons. The zero-order valence-electron chi connectivity index (χ0n) is 14.4. The maximum Gasteiger partial charge on any atom is 0.257 e. The lowest BCUT2D eigenvalue weighted by atomic mass is 10.1. The van der Waals surface area contributed by atoms with E-state index in [1.807, 2.05) is 26.0 Å². The van der Waals surface area contributed by atoms with Crippen molar-refractivity contribution in [3.8, 4) is 11.5 Å². The van der Waals surface area contributed by atoms with Crippen molar-refractivity contribution in [1.82, 2.24) is 5.32 Å². The third-order valence-corrected chi connectivity index (χ3v) is 4.27. The summed E-state index contributed by atoms with van der Waals surface area (Å²) in [5.74, 6) is 0.709. The number of rotatable bonds is 4. The van der Waals surface area contributed by atoms with E-state index in [0.717, 1.165) is 21.3 Å². The van der Waals surface area contributed by atoms with Crippen LogP contribution in [-0.2, 0) is 0 Å². The highest BCUT2D eigenvalue weighted by molar-refractivity contribution is 9.10. The van der Waals surface area contributed by atoms with E-state index in [0.29, 0.717) is 17.1 Å². The molecule has 0 bridgehead atoms. The van der Waals surface area contributed by atoms with Gasteiger partial charge in [0.15, 0.2) is 16.6 Å². The van der Waals surface area contributed by atoms with Crippen molar-refractivity contribution in [2.45, 2.75) is 13.8 Å². The summed E-state index contributed by atoms with van der Waals surface area (Å²) in [5.41, 5.74) is 3.34. The topological polar surface area (TPSA) is 59.6 Å². The minimum Gasteiger partial charge on any atom is -0.493 e. The minimum atomic E-state index is -0.328. The third kappa shape index (κ3) is 4.70. The number of benzene rings is 2. The number of anilines is 1. The van der Waals surface area contributed by atoms with Crippen molar-refractivity contribution in [1.29, 1.82) is 0 Å². The van der Waals surface area contributed by atoms with Crippen LogP contribution in [0.15, 0.2) is 34.8 Å². The van der Waals surface area contributed by atoms with E-state index in [1.54, 1.807) is 25.3 Å².